The van der Waals surface area contributed by atoms with E-state index in [0.717, 1.165) is 21.6 Å². The number of hydrogen-bond donors (Lipinski definition) is 1. The van der Waals surface area contributed by atoms with Gasteiger partial charge in [0.1, 0.15) is 0 Å². The lowest BCUT2D eigenvalue weighted by molar-refractivity contribution is 0.282. The van der Waals surface area contributed by atoms with Crippen molar-refractivity contribution in [2.75, 3.05) is 6.61 Å². The minimum atomic E-state index is 0.372. The van der Waals surface area contributed by atoms with Crippen LogP contribution in [0.15, 0.2) is 0 Å². The third-order valence-corrected chi connectivity index (χ3v) is 9.67. The number of aliphatic hydroxyl groups excluding tert-OH is 1. The molecule has 0 unspecified atom stereocenters. The van der Waals surface area contributed by atoms with E-state index in [9.17, 15) is 0 Å². The van der Waals surface area contributed by atoms with E-state index in [4.69, 9.17) is 5.11 Å². The molecule has 0 rings (SSSR count). The molecule has 0 aromatic rings. The highest BCUT2D eigenvalue weighted by atomic mass is 27.1. The maximum absolute atomic E-state index is 8.57. The van der Waals surface area contributed by atoms with E-state index in [-0.39, 0.29) is 0 Å². The molecule has 0 aliphatic heterocycles. The number of hydrogen-bond acceptors (Lipinski definition) is 1. The maximum Gasteiger partial charge on any atom is 0.199 e. The Kier molecular flexibility index (Phi) is 44.9. The summed E-state index contributed by atoms with van der Waals surface area (Å²) in [7, 11) is 0. The van der Waals surface area contributed by atoms with Gasteiger partial charge in [-0.05, 0) is 6.42 Å². The van der Waals surface area contributed by atoms with Crippen LogP contribution in [0.4, 0.5) is 0 Å². The number of unbranched alkanes of at least 4 members (excludes halogenated alkanes) is 27. The first-order chi connectivity index (χ1) is 18.8. The molecule has 1 nitrogen and oxygen atoms in total. The molecule has 1 radical (unpaired) electrons. The van der Waals surface area contributed by atoms with E-state index >= 15 is 0 Å². The van der Waals surface area contributed by atoms with Gasteiger partial charge in [-0.25, -0.2) is 0 Å². The fourth-order valence-corrected chi connectivity index (χ4v) is 6.74. The van der Waals surface area contributed by atoms with E-state index in [2.05, 4.69) is 20.8 Å². The van der Waals surface area contributed by atoms with E-state index in [1.54, 1.807) is 10.6 Å². The van der Waals surface area contributed by atoms with Crippen molar-refractivity contribution < 1.29 is 5.11 Å². The summed E-state index contributed by atoms with van der Waals surface area (Å²) in [6.07, 6.45) is 42.9. The first-order valence-electron chi connectivity index (χ1n) is 18.3. The predicted molar refractivity (Wildman–Crippen MR) is 178 cm³/mol. The molecule has 0 amide bonds. The Labute approximate surface area is 250 Å². The second-order valence-corrected chi connectivity index (χ2v) is 13.9. The average molecular weight is 552 g/mol. The van der Waals surface area contributed by atoms with Crippen LogP contribution >= 0.6 is 0 Å². The zero-order chi connectivity index (χ0) is 28.0. The van der Waals surface area contributed by atoms with Gasteiger partial charge in [0.25, 0.3) is 0 Å². The average Bonchev–Trinajstić information content (AvgIpc) is 2.93. The maximum atomic E-state index is 8.57. The van der Waals surface area contributed by atoms with E-state index in [0.29, 0.717) is 6.61 Å². The fourth-order valence-electron chi connectivity index (χ4n) is 5.30. The standard InChI is InChI=1S/C12H26O.2C12H25.Al/c1-2-3-4-5-6-7-8-9-10-11-12-13;2*1-3-5-7-9-11-12-10-8-6-4-2;/h13H,2-12H2,1H3;2*1,3-12H2,2H3;. The van der Waals surface area contributed by atoms with Crippen molar-refractivity contribution in [1.29, 1.82) is 0 Å². The molecule has 0 fully saturated rings. The van der Waals surface area contributed by atoms with E-state index in [1.807, 2.05) is 0 Å². The largest absolute Gasteiger partial charge is 0.396 e. The van der Waals surface area contributed by atoms with Crippen LogP contribution in [0.3, 0.4) is 0 Å². The molecule has 0 heterocycles. The van der Waals surface area contributed by atoms with Gasteiger partial charge >= 0.3 is 0 Å². The molecule has 0 aliphatic rings. The molecule has 0 spiro atoms. The summed E-state index contributed by atoms with van der Waals surface area (Å²) in [5.41, 5.74) is 0. The van der Waals surface area contributed by atoms with Crippen LogP contribution in [0.2, 0.25) is 10.6 Å². The first kappa shape index (κ1) is 40.6. The Balaban J connectivity index is 0. The van der Waals surface area contributed by atoms with Gasteiger partial charge in [0.15, 0.2) is 15.2 Å². The van der Waals surface area contributed by atoms with Gasteiger partial charge in [-0.1, -0.05) is 207 Å². The Hall–Kier alpha value is 0.492. The van der Waals surface area contributed by atoms with Gasteiger partial charge in [-0.3, -0.25) is 0 Å². The molecule has 0 aromatic heterocycles. The molecular weight excluding hydrogens is 475 g/mol. The molecular formula is C36H76AlO. The highest BCUT2D eigenvalue weighted by molar-refractivity contribution is 6.35. The van der Waals surface area contributed by atoms with Gasteiger partial charge in [0, 0.05) is 6.61 Å². The normalized spacial score (nSPS) is 10.9. The van der Waals surface area contributed by atoms with Crippen LogP contribution in [-0.4, -0.2) is 26.9 Å². The lowest BCUT2D eigenvalue weighted by Gasteiger charge is -2.03. The number of aliphatic hydroxyl groups is 1. The monoisotopic (exact) mass is 552 g/mol. The van der Waals surface area contributed by atoms with Crippen molar-refractivity contribution in [3.05, 3.63) is 0 Å². The van der Waals surface area contributed by atoms with Crippen molar-refractivity contribution in [2.24, 2.45) is 0 Å². The van der Waals surface area contributed by atoms with Crippen molar-refractivity contribution in [3.8, 4) is 0 Å². The zero-order valence-corrected chi connectivity index (χ0v) is 28.5. The number of rotatable bonds is 32. The molecule has 229 valence electrons. The van der Waals surface area contributed by atoms with Gasteiger partial charge in [-0.15, -0.1) is 10.6 Å². The van der Waals surface area contributed by atoms with Gasteiger partial charge in [-0.2, -0.15) is 0 Å². The quantitative estimate of drug-likeness (QED) is 0.0651. The third-order valence-electron chi connectivity index (χ3n) is 8.04. The Morgan fingerprint density at radius 3 is 0.737 bits per heavy atom. The van der Waals surface area contributed by atoms with Crippen molar-refractivity contribution in [1.82, 2.24) is 0 Å². The van der Waals surface area contributed by atoms with E-state index in [1.165, 1.54) is 186 Å². The minimum Gasteiger partial charge on any atom is -0.396 e. The second-order valence-electron chi connectivity index (χ2n) is 12.1. The molecule has 0 saturated heterocycles. The summed E-state index contributed by atoms with van der Waals surface area (Å²) in [5, 5.41) is 11.7. The van der Waals surface area contributed by atoms with Crippen LogP contribution in [-0.2, 0) is 0 Å². The van der Waals surface area contributed by atoms with Crippen LogP contribution < -0.4 is 0 Å². The van der Waals surface area contributed by atoms with Crippen LogP contribution in [0.25, 0.3) is 0 Å². The fraction of sp³-hybridized carbons (Fsp3) is 1.00. The predicted octanol–water partition coefficient (Wildman–Crippen LogP) is 13.3. The summed E-state index contributed by atoms with van der Waals surface area (Å²) < 4.78 is 0. The van der Waals surface area contributed by atoms with Crippen molar-refractivity contribution in [2.45, 2.75) is 224 Å². The molecule has 0 saturated carbocycles. The van der Waals surface area contributed by atoms with Crippen molar-refractivity contribution in [3.63, 3.8) is 0 Å². The third kappa shape index (κ3) is 43.5. The van der Waals surface area contributed by atoms with Gasteiger partial charge in [0.05, 0.1) is 0 Å². The molecule has 38 heavy (non-hydrogen) atoms. The second kappa shape index (κ2) is 42.0. The Bertz CT molecular complexity index is 327. The smallest absolute Gasteiger partial charge is 0.199 e. The highest BCUT2D eigenvalue weighted by Gasteiger charge is 1.97. The Morgan fingerprint density at radius 2 is 0.500 bits per heavy atom. The summed E-state index contributed by atoms with van der Waals surface area (Å²) in [4.78, 5) is 0. The summed E-state index contributed by atoms with van der Waals surface area (Å²) in [5.74, 6) is 0. The SMILES string of the molecule is CCCCCCCCCCCCO.CCCCCCCCCCC[CH2][Al][CH2]CCCCCCCCCCC. The Morgan fingerprint density at radius 1 is 0.289 bits per heavy atom. The molecule has 0 aliphatic carbocycles. The zero-order valence-electron chi connectivity index (χ0n) is 27.4. The molecule has 0 atom stereocenters. The van der Waals surface area contributed by atoms with Gasteiger partial charge < -0.3 is 5.11 Å². The lowest BCUT2D eigenvalue weighted by Crippen LogP contribution is -1.90. The topological polar surface area (TPSA) is 20.2 Å². The lowest BCUT2D eigenvalue weighted by atomic mass is 10.1. The highest BCUT2D eigenvalue weighted by Crippen LogP contribution is 2.14. The summed E-state index contributed by atoms with van der Waals surface area (Å²) in [6, 6.07) is 0. The summed E-state index contributed by atoms with van der Waals surface area (Å²) >= 11 is 0.780. The van der Waals surface area contributed by atoms with Crippen LogP contribution in [0, 0.1) is 0 Å². The van der Waals surface area contributed by atoms with Gasteiger partial charge in [0.2, 0.25) is 0 Å². The minimum absolute atomic E-state index is 0.372. The van der Waals surface area contributed by atoms with Crippen molar-refractivity contribution >= 4 is 15.2 Å². The molecule has 1 N–H and O–H groups in total. The molecule has 2 heteroatoms. The van der Waals surface area contributed by atoms with E-state index < -0.39 is 0 Å². The first-order valence-corrected chi connectivity index (χ1v) is 19.9. The molecule has 0 bridgehead atoms. The van der Waals surface area contributed by atoms with Crippen LogP contribution in [0.5, 0.6) is 0 Å². The molecule has 0 aromatic carbocycles. The summed E-state index contributed by atoms with van der Waals surface area (Å²) in [6.45, 7) is 7.24. The van der Waals surface area contributed by atoms with Crippen LogP contribution in [0.1, 0.15) is 213 Å².